The van der Waals surface area contributed by atoms with Gasteiger partial charge in [-0.25, -0.2) is 0 Å². The number of rotatable bonds is 1. The third-order valence-corrected chi connectivity index (χ3v) is 1.50. The monoisotopic (exact) mass is 205 g/mol. The smallest absolute Gasteiger partial charge is 0.0343 e. The molecule has 0 unspecified atom stereocenters. The molecule has 0 N–H and O–H groups in total. The first-order valence-electron chi connectivity index (χ1n) is 5.57. The standard InChI is InChI=1S/C10H11N.2C2H6/c1-3-5-10-6-7-11-8-9(10)4-2;2*1-2/h3-8H,1H2,2H3;2*1-2H3/b9-4-,10-5-;;. The number of hydrogen-bond acceptors (Lipinski definition) is 1. The van der Waals surface area contributed by atoms with E-state index in [1.165, 1.54) is 0 Å². The van der Waals surface area contributed by atoms with Crippen molar-refractivity contribution in [2.24, 2.45) is 0 Å². The third-order valence-electron chi connectivity index (χ3n) is 1.50. The number of allylic oxidation sites excluding steroid dienone is 1. The zero-order valence-electron chi connectivity index (χ0n) is 10.6. The van der Waals surface area contributed by atoms with Gasteiger partial charge in [-0.05, 0) is 23.4 Å². The molecule has 1 aromatic heterocycles. The molecule has 1 aromatic rings. The molecular weight excluding hydrogens is 182 g/mol. The Morgan fingerprint density at radius 2 is 1.73 bits per heavy atom. The van der Waals surface area contributed by atoms with Gasteiger partial charge in [0, 0.05) is 12.4 Å². The quantitative estimate of drug-likeness (QED) is 0.687. The SMILES string of the molecule is C=C/C=c1/ccnc/c1=C/C.CC.CC. The maximum Gasteiger partial charge on any atom is 0.0343 e. The van der Waals surface area contributed by atoms with Gasteiger partial charge in [-0.3, -0.25) is 4.98 Å². The van der Waals surface area contributed by atoms with Crippen LogP contribution in [-0.2, 0) is 0 Å². The number of hydrogen-bond donors (Lipinski definition) is 0. The second-order valence-electron chi connectivity index (χ2n) is 2.20. The molecule has 0 fully saturated rings. The van der Waals surface area contributed by atoms with Crippen molar-refractivity contribution in [3.05, 3.63) is 41.6 Å². The Kier molecular flexibility index (Phi) is 13.5. The zero-order chi connectivity index (χ0) is 12.1. The van der Waals surface area contributed by atoms with Crippen molar-refractivity contribution < 1.29 is 0 Å². The summed E-state index contributed by atoms with van der Waals surface area (Å²) in [5.41, 5.74) is 0. The molecule has 1 heteroatoms. The minimum absolute atomic E-state index is 1.15. The van der Waals surface area contributed by atoms with Crippen molar-refractivity contribution in [3.8, 4) is 0 Å². The molecule has 0 bridgehead atoms. The van der Waals surface area contributed by atoms with E-state index in [1.807, 2.05) is 59.0 Å². The van der Waals surface area contributed by atoms with Crippen LogP contribution < -0.4 is 10.4 Å². The van der Waals surface area contributed by atoms with Crippen LogP contribution in [0.4, 0.5) is 0 Å². The molecule has 0 spiro atoms. The zero-order valence-corrected chi connectivity index (χ0v) is 10.6. The molecule has 0 aliphatic carbocycles. The topological polar surface area (TPSA) is 12.9 Å². The lowest BCUT2D eigenvalue weighted by atomic mass is 10.3. The molecule has 0 aromatic carbocycles. The Morgan fingerprint density at radius 3 is 2.20 bits per heavy atom. The van der Waals surface area contributed by atoms with Gasteiger partial charge in [-0.15, -0.1) is 0 Å². The molecule has 0 saturated heterocycles. The van der Waals surface area contributed by atoms with Crippen molar-refractivity contribution in [3.63, 3.8) is 0 Å². The van der Waals surface area contributed by atoms with E-state index in [-0.39, 0.29) is 0 Å². The van der Waals surface area contributed by atoms with Crippen LogP contribution >= 0.6 is 0 Å². The van der Waals surface area contributed by atoms with Crippen LogP contribution in [0.1, 0.15) is 34.6 Å². The van der Waals surface area contributed by atoms with E-state index in [9.17, 15) is 0 Å². The number of pyridine rings is 1. The van der Waals surface area contributed by atoms with Crippen LogP contribution in [0, 0.1) is 0 Å². The summed E-state index contributed by atoms with van der Waals surface area (Å²) in [6.07, 6.45) is 9.40. The summed E-state index contributed by atoms with van der Waals surface area (Å²) in [5, 5.41) is 2.31. The number of aromatic nitrogens is 1. The van der Waals surface area contributed by atoms with Gasteiger partial charge in [-0.2, -0.15) is 0 Å². The lowest BCUT2D eigenvalue weighted by molar-refractivity contribution is 1.27. The van der Waals surface area contributed by atoms with Gasteiger partial charge in [-0.1, -0.05) is 52.5 Å². The van der Waals surface area contributed by atoms with Crippen molar-refractivity contribution >= 4 is 12.2 Å². The minimum Gasteiger partial charge on any atom is -0.264 e. The molecule has 0 atom stereocenters. The first kappa shape index (κ1) is 16.1. The Labute approximate surface area is 93.9 Å². The molecule has 15 heavy (non-hydrogen) atoms. The Balaban J connectivity index is 0. The van der Waals surface area contributed by atoms with Crippen LogP contribution in [0.3, 0.4) is 0 Å². The summed E-state index contributed by atoms with van der Waals surface area (Å²) in [7, 11) is 0. The van der Waals surface area contributed by atoms with Gasteiger partial charge in [0.15, 0.2) is 0 Å². The van der Waals surface area contributed by atoms with E-state index in [4.69, 9.17) is 0 Å². The molecule has 0 amide bonds. The normalized spacial score (nSPS) is 10.7. The van der Waals surface area contributed by atoms with Crippen LogP contribution in [-0.4, -0.2) is 4.98 Å². The molecule has 0 aliphatic rings. The van der Waals surface area contributed by atoms with Crippen LogP contribution in [0.15, 0.2) is 31.1 Å². The maximum absolute atomic E-state index is 4.01. The summed E-state index contributed by atoms with van der Waals surface area (Å²) in [6.45, 7) is 13.6. The highest BCUT2D eigenvalue weighted by Crippen LogP contribution is 1.67. The van der Waals surface area contributed by atoms with Gasteiger partial charge < -0.3 is 0 Å². The fourth-order valence-corrected chi connectivity index (χ4v) is 0.937. The van der Waals surface area contributed by atoms with Gasteiger partial charge >= 0.3 is 0 Å². The number of nitrogens with zero attached hydrogens (tertiary/aromatic N) is 1. The summed E-state index contributed by atoms with van der Waals surface area (Å²) in [4.78, 5) is 4.01. The van der Waals surface area contributed by atoms with E-state index in [2.05, 4.69) is 11.6 Å². The summed E-state index contributed by atoms with van der Waals surface area (Å²) in [5.74, 6) is 0. The second-order valence-corrected chi connectivity index (χ2v) is 2.20. The Bertz CT molecular complexity index is 350. The molecule has 84 valence electrons. The fourth-order valence-electron chi connectivity index (χ4n) is 0.937. The van der Waals surface area contributed by atoms with Gasteiger partial charge in [0.05, 0.1) is 0 Å². The average molecular weight is 205 g/mol. The predicted octanol–water partition coefficient (Wildman–Crippen LogP) is 2.90. The lowest BCUT2D eigenvalue weighted by Crippen LogP contribution is -2.23. The molecule has 0 saturated carbocycles. The molecule has 0 radical (unpaired) electrons. The third kappa shape index (κ3) is 6.67. The van der Waals surface area contributed by atoms with E-state index < -0.39 is 0 Å². The van der Waals surface area contributed by atoms with Crippen molar-refractivity contribution in [2.75, 3.05) is 0 Å². The van der Waals surface area contributed by atoms with Gasteiger partial charge in [0.2, 0.25) is 0 Å². The van der Waals surface area contributed by atoms with Crippen LogP contribution in [0.25, 0.3) is 12.2 Å². The van der Waals surface area contributed by atoms with E-state index in [1.54, 1.807) is 12.3 Å². The lowest BCUT2D eigenvalue weighted by Gasteiger charge is -1.85. The van der Waals surface area contributed by atoms with Crippen molar-refractivity contribution in [1.82, 2.24) is 4.98 Å². The highest BCUT2D eigenvalue weighted by molar-refractivity contribution is 5.36. The fraction of sp³-hybridized carbons (Fsp3) is 0.357. The highest BCUT2D eigenvalue weighted by atomic mass is 14.6. The summed E-state index contributed by atoms with van der Waals surface area (Å²) in [6, 6.07) is 1.97. The Hall–Kier alpha value is -1.37. The first-order chi connectivity index (χ1) is 7.38. The molecule has 1 rings (SSSR count). The maximum atomic E-state index is 4.01. The molecule has 1 heterocycles. The van der Waals surface area contributed by atoms with Gasteiger partial charge in [0.1, 0.15) is 0 Å². The Morgan fingerprint density at radius 1 is 1.13 bits per heavy atom. The second kappa shape index (κ2) is 12.6. The molecule has 1 nitrogen and oxygen atoms in total. The van der Waals surface area contributed by atoms with Gasteiger partial charge in [0.25, 0.3) is 0 Å². The van der Waals surface area contributed by atoms with Crippen LogP contribution in [0.5, 0.6) is 0 Å². The van der Waals surface area contributed by atoms with Crippen molar-refractivity contribution in [2.45, 2.75) is 34.6 Å². The summed E-state index contributed by atoms with van der Waals surface area (Å²) < 4.78 is 0. The van der Waals surface area contributed by atoms with Crippen LogP contribution in [0.2, 0.25) is 0 Å². The first-order valence-corrected chi connectivity index (χ1v) is 5.57. The minimum atomic E-state index is 1.15. The van der Waals surface area contributed by atoms with E-state index in [0.717, 1.165) is 10.4 Å². The van der Waals surface area contributed by atoms with E-state index >= 15 is 0 Å². The molecular formula is C14H23N. The average Bonchev–Trinajstić information content (AvgIpc) is 2.35. The van der Waals surface area contributed by atoms with E-state index in [0.29, 0.717) is 0 Å². The summed E-state index contributed by atoms with van der Waals surface area (Å²) >= 11 is 0. The predicted molar refractivity (Wildman–Crippen MR) is 71.0 cm³/mol. The largest absolute Gasteiger partial charge is 0.264 e. The highest BCUT2D eigenvalue weighted by Gasteiger charge is 1.79. The molecule has 0 aliphatic heterocycles. The van der Waals surface area contributed by atoms with Crippen molar-refractivity contribution in [1.29, 1.82) is 0 Å².